The van der Waals surface area contributed by atoms with Gasteiger partial charge in [0.05, 0.1) is 31.8 Å². The first-order valence-corrected chi connectivity index (χ1v) is 17.4. The Labute approximate surface area is 263 Å². The number of aliphatic hydroxyl groups is 2. The fourth-order valence-corrected chi connectivity index (χ4v) is 8.65. The first kappa shape index (κ1) is 31.7. The van der Waals surface area contributed by atoms with E-state index < -0.39 is 89.2 Å². The minimum Gasteiger partial charge on any atom is -0.390 e. The molecule has 7 heterocycles. The van der Waals surface area contributed by atoms with Gasteiger partial charge in [0.15, 0.2) is 33.6 Å². The number of ether oxygens (including phenoxy) is 2. The van der Waals surface area contributed by atoms with E-state index >= 15 is 0 Å². The molecule has 10 atom stereocenters. The van der Waals surface area contributed by atoms with Crippen molar-refractivity contribution in [2.75, 3.05) is 30.8 Å². The minimum absolute atomic E-state index is 0.00196. The number of aliphatic hydroxyl groups excluding tert-OH is 2. The number of anilines is 2. The van der Waals surface area contributed by atoms with Crippen molar-refractivity contribution in [3.05, 3.63) is 27.7 Å². The molecule has 0 radical (unpaired) electrons. The highest BCUT2D eigenvalue weighted by Gasteiger charge is 2.53. The lowest BCUT2D eigenvalue weighted by Gasteiger charge is -2.26. The number of imidazole rings is 2. The van der Waals surface area contributed by atoms with Crippen LogP contribution in [-0.2, 0) is 32.2 Å². The Balaban J connectivity index is 1.22. The van der Waals surface area contributed by atoms with Gasteiger partial charge in [0.1, 0.15) is 42.5 Å². The van der Waals surface area contributed by atoms with Gasteiger partial charge in [0.2, 0.25) is 5.95 Å². The van der Waals surface area contributed by atoms with Crippen LogP contribution < -0.4 is 17.0 Å². The number of phosphoric acid groups is 1. The van der Waals surface area contributed by atoms with Crippen LogP contribution in [0.25, 0.3) is 22.3 Å². The highest BCUT2D eigenvalue weighted by molar-refractivity contribution is 9.10. The number of nitrogens with two attached hydrogens (primary N) is 2. The van der Waals surface area contributed by atoms with Crippen LogP contribution in [0.15, 0.2) is 22.2 Å². The van der Waals surface area contributed by atoms with Crippen LogP contribution in [0.1, 0.15) is 12.5 Å². The summed E-state index contributed by atoms with van der Waals surface area (Å²) >= 11 is 3.22. The van der Waals surface area contributed by atoms with Crippen LogP contribution in [0, 0.1) is 5.92 Å². The number of rotatable bonds is 2. The first-order valence-electron chi connectivity index (χ1n) is 13.4. The summed E-state index contributed by atoms with van der Waals surface area (Å²) in [6, 6.07) is 0. The van der Waals surface area contributed by atoms with E-state index in [1.165, 1.54) is 15.5 Å². The molecule has 2 unspecified atom stereocenters. The van der Waals surface area contributed by atoms with Crippen molar-refractivity contribution in [3.63, 3.8) is 0 Å². The van der Waals surface area contributed by atoms with Gasteiger partial charge in [0, 0.05) is 5.92 Å². The number of nitrogens with zero attached hydrogens (tertiary/aromatic N) is 7. The van der Waals surface area contributed by atoms with E-state index in [2.05, 4.69) is 45.8 Å². The molecule has 46 heavy (non-hydrogen) atoms. The molecule has 0 aliphatic carbocycles. The third-order valence-electron chi connectivity index (χ3n) is 7.79. The van der Waals surface area contributed by atoms with Gasteiger partial charge < -0.3 is 45.5 Å². The van der Waals surface area contributed by atoms with Crippen LogP contribution in [-0.4, -0.2) is 109 Å². The number of H-pyrrole nitrogens is 1. The summed E-state index contributed by atoms with van der Waals surface area (Å²) in [6.45, 7) is -1.47. The molecule has 4 aromatic heterocycles. The molecule has 0 spiro atoms. The Morgan fingerprint density at radius 3 is 2.48 bits per heavy atom. The molecule has 0 amide bonds. The summed E-state index contributed by atoms with van der Waals surface area (Å²) < 4.78 is 56.9. The van der Waals surface area contributed by atoms with Crippen LogP contribution in [0.2, 0.25) is 0 Å². The molecule has 7 rings (SSSR count). The summed E-state index contributed by atoms with van der Waals surface area (Å²) in [7, 11) is -9.69. The monoisotopic (exact) mass is 750 g/mol. The third-order valence-corrected chi connectivity index (χ3v) is 10.8. The fraction of sp³-hybridized carbons (Fsp3) is 0.524. The molecule has 9 N–H and O–H groups in total. The molecule has 248 valence electrons. The van der Waals surface area contributed by atoms with Crippen LogP contribution in [0.5, 0.6) is 0 Å². The lowest BCUT2D eigenvalue weighted by atomic mass is 10.0. The van der Waals surface area contributed by atoms with Crippen LogP contribution in [0.3, 0.4) is 0 Å². The second-order valence-corrected chi connectivity index (χ2v) is 14.7. The number of aromatic nitrogens is 8. The lowest BCUT2D eigenvalue weighted by Crippen LogP contribution is -2.36. The molecule has 25 heteroatoms. The second-order valence-electron chi connectivity index (χ2n) is 10.7. The average molecular weight is 751 g/mol. The molecule has 3 aliphatic heterocycles. The van der Waals surface area contributed by atoms with Gasteiger partial charge in [-0.3, -0.25) is 32.5 Å². The van der Waals surface area contributed by atoms with Crippen molar-refractivity contribution in [1.82, 2.24) is 39.0 Å². The maximum atomic E-state index is 13.5. The summed E-state index contributed by atoms with van der Waals surface area (Å²) in [6.07, 6.45) is -8.62. The van der Waals surface area contributed by atoms with Gasteiger partial charge in [-0.1, -0.05) is 0 Å². The zero-order chi connectivity index (χ0) is 32.7. The number of halogens is 1. The van der Waals surface area contributed by atoms with E-state index in [0.717, 1.165) is 6.33 Å². The molecule has 4 aromatic rings. The molecular formula is C21H25BrN10O12P2. The van der Waals surface area contributed by atoms with E-state index in [1.807, 2.05) is 0 Å². The van der Waals surface area contributed by atoms with Gasteiger partial charge >= 0.3 is 15.4 Å². The van der Waals surface area contributed by atoms with Gasteiger partial charge in [0.25, 0.3) is 5.56 Å². The zero-order valence-corrected chi connectivity index (χ0v) is 26.4. The number of hydrogen-bond acceptors (Lipinski definition) is 17. The number of aromatic amines is 1. The van der Waals surface area contributed by atoms with E-state index in [-0.39, 0.29) is 38.8 Å². The fourth-order valence-electron chi connectivity index (χ4n) is 5.72. The Morgan fingerprint density at radius 1 is 0.957 bits per heavy atom. The predicted molar refractivity (Wildman–Crippen MR) is 155 cm³/mol. The Hall–Kier alpha value is -2.92. The molecule has 3 aliphatic rings. The Bertz CT molecular complexity index is 1990. The predicted octanol–water partition coefficient (Wildman–Crippen LogP) is -1.26. The normalized spacial score (nSPS) is 37.2. The molecule has 2 bridgehead atoms. The average Bonchev–Trinajstić information content (AvgIpc) is 3.71. The molecule has 0 saturated carbocycles. The van der Waals surface area contributed by atoms with Crippen molar-refractivity contribution in [3.8, 4) is 0 Å². The number of fused-ring (bicyclic) bond motifs is 5. The lowest BCUT2D eigenvalue weighted by molar-refractivity contribution is -0.0562. The third kappa shape index (κ3) is 5.45. The standard InChI is InChI=1S/C21H25BrN10O12P2/c22-20-28-10-16(29-21(24)30-17(10)35)32(20)18-6-3-45(36,37)40-2-8-13(44-46(38,39)41-1-7(42-18)11(6)33)12(34)19(43-8)31-5-27-9-14(23)25-4-26-15(9)31/h4-8,11-13,18-19,33-34H,1-3H2,(H,36,37)(H,38,39)(H2,23,25,26)(H3,24,29,30,35)/t6-,7-,8-,11+,12-,13-,18-,19-/m1/s1. The molecule has 3 fully saturated rings. The van der Waals surface area contributed by atoms with Crippen molar-refractivity contribution in [1.29, 1.82) is 0 Å². The van der Waals surface area contributed by atoms with Crippen LogP contribution >= 0.6 is 31.3 Å². The van der Waals surface area contributed by atoms with E-state index in [4.69, 9.17) is 34.5 Å². The SMILES string of the molecule is Nc1nc2c(nc(Br)n2[C@@H]2O[C@@H]3COP(=O)(O)O[C@H]4[C@@H](O)[C@H](n5cnc6c(N)ncnc65)O[C@@H]4COP(=O)(O)C[C@@H]2[C@@H]3O)c(=O)[nH]1. The maximum absolute atomic E-state index is 13.5. The van der Waals surface area contributed by atoms with Crippen LogP contribution in [0.4, 0.5) is 11.8 Å². The topological polar surface area (TPSA) is 320 Å². The van der Waals surface area contributed by atoms with Crippen molar-refractivity contribution >= 4 is 65.4 Å². The number of nitrogen functional groups attached to an aromatic ring is 2. The summed E-state index contributed by atoms with van der Waals surface area (Å²) in [5.41, 5.74) is 11.0. The molecular weight excluding hydrogens is 726 g/mol. The molecule has 3 saturated heterocycles. The second kappa shape index (κ2) is 11.4. The van der Waals surface area contributed by atoms with Gasteiger partial charge in [-0.15, -0.1) is 0 Å². The molecule has 0 aromatic carbocycles. The minimum atomic E-state index is -5.04. The van der Waals surface area contributed by atoms with Crippen molar-refractivity contribution < 1.29 is 52.2 Å². The Kier molecular flexibility index (Phi) is 7.82. The first-order chi connectivity index (χ1) is 21.7. The molecule has 22 nitrogen and oxygen atoms in total. The van der Waals surface area contributed by atoms with E-state index in [1.54, 1.807) is 0 Å². The Morgan fingerprint density at radius 2 is 1.70 bits per heavy atom. The quantitative estimate of drug-likeness (QED) is 0.0928. The van der Waals surface area contributed by atoms with Gasteiger partial charge in [-0.2, -0.15) is 4.98 Å². The van der Waals surface area contributed by atoms with E-state index in [9.17, 15) is 33.9 Å². The van der Waals surface area contributed by atoms with Gasteiger partial charge in [-0.05, 0) is 15.9 Å². The largest absolute Gasteiger partial charge is 0.472 e. The maximum Gasteiger partial charge on any atom is 0.472 e. The number of hydrogen-bond donors (Lipinski definition) is 7. The smallest absolute Gasteiger partial charge is 0.390 e. The highest BCUT2D eigenvalue weighted by Crippen LogP contribution is 2.54. The summed E-state index contributed by atoms with van der Waals surface area (Å²) in [5, 5.41) is 22.4. The van der Waals surface area contributed by atoms with Crippen molar-refractivity contribution in [2.45, 2.75) is 43.0 Å². The number of nitrogens with one attached hydrogen (secondary N) is 1. The highest BCUT2D eigenvalue weighted by atomic mass is 79.9. The van der Waals surface area contributed by atoms with Gasteiger partial charge in [-0.25, -0.2) is 24.5 Å². The van der Waals surface area contributed by atoms with Crippen molar-refractivity contribution in [2.24, 2.45) is 5.92 Å². The van der Waals surface area contributed by atoms with E-state index in [0.29, 0.717) is 0 Å². The summed E-state index contributed by atoms with van der Waals surface area (Å²) in [4.78, 5) is 56.6. The zero-order valence-electron chi connectivity index (χ0n) is 23.0. The number of phosphoric ester groups is 1. The summed E-state index contributed by atoms with van der Waals surface area (Å²) in [5.74, 6) is -1.46.